The minimum Gasteiger partial charge on any atom is -0.391 e. The van der Waals surface area contributed by atoms with Crippen LogP contribution in [0.15, 0.2) is 88.4 Å². The van der Waals surface area contributed by atoms with Crippen molar-refractivity contribution >= 4 is 23.1 Å². The second kappa shape index (κ2) is 13.7. The molecular weight excluding hydrogens is 532 g/mol. The number of nitrogens with zero attached hydrogens (tertiary/aromatic N) is 5. The zero-order valence-electron chi connectivity index (χ0n) is 22.6. The number of nitro groups is 1. The Kier molecular flexibility index (Phi) is 9.82. The van der Waals surface area contributed by atoms with Gasteiger partial charge in [0.1, 0.15) is 17.5 Å². The van der Waals surface area contributed by atoms with Gasteiger partial charge in [0.05, 0.1) is 18.1 Å². The molecule has 1 aliphatic heterocycles. The van der Waals surface area contributed by atoms with Gasteiger partial charge in [-0.25, -0.2) is 4.98 Å². The lowest BCUT2D eigenvalue weighted by atomic mass is 10.1. The lowest BCUT2D eigenvalue weighted by Crippen LogP contribution is -2.35. The summed E-state index contributed by atoms with van der Waals surface area (Å²) in [6.45, 7) is 7.28. The van der Waals surface area contributed by atoms with Crippen LogP contribution in [0.1, 0.15) is 34.7 Å². The summed E-state index contributed by atoms with van der Waals surface area (Å²) in [5.41, 5.74) is 7.69. The van der Waals surface area contributed by atoms with Crippen molar-refractivity contribution in [1.29, 1.82) is 0 Å². The average molecular weight is 563 g/mol. The number of hydrogen-bond donors (Lipinski definition) is 1. The molecule has 0 saturated carbocycles. The van der Waals surface area contributed by atoms with Gasteiger partial charge in [-0.15, -0.1) is 0 Å². The number of pyridine rings is 1. The predicted octanol–water partition coefficient (Wildman–Crippen LogP) is 5.37. The van der Waals surface area contributed by atoms with Crippen LogP contribution in [0, 0.1) is 24.0 Å². The fraction of sp³-hybridized carbons (Fsp3) is 0.276. The van der Waals surface area contributed by atoms with Crippen LogP contribution in [0.5, 0.6) is 0 Å². The third-order valence-corrected chi connectivity index (χ3v) is 6.32. The molecule has 0 atom stereocenters. The van der Waals surface area contributed by atoms with Crippen LogP contribution in [-0.4, -0.2) is 39.4 Å². The third kappa shape index (κ3) is 7.87. The molecule has 4 rings (SSSR count). The Morgan fingerprint density at radius 1 is 1.07 bits per heavy atom. The van der Waals surface area contributed by atoms with Crippen molar-refractivity contribution < 1.29 is 14.6 Å². The van der Waals surface area contributed by atoms with Crippen molar-refractivity contribution in [2.75, 3.05) is 13.1 Å². The minimum atomic E-state index is -0.477. The van der Waals surface area contributed by atoms with Crippen LogP contribution < -0.4 is 5.48 Å². The van der Waals surface area contributed by atoms with Gasteiger partial charge in [0.15, 0.2) is 5.70 Å². The summed E-state index contributed by atoms with van der Waals surface area (Å²) in [6, 6.07) is 19.2. The molecule has 2 aromatic carbocycles. The molecule has 1 N–H and O–H groups in total. The van der Waals surface area contributed by atoms with Gasteiger partial charge in [0, 0.05) is 19.3 Å². The largest absolute Gasteiger partial charge is 0.391 e. The van der Waals surface area contributed by atoms with E-state index < -0.39 is 4.92 Å². The Balaban J connectivity index is 1.61. The standard InChI is InChI=1S/C29H31ClN6O4/c1-20-6-4-8-23(14-20)18-39-33-22(3)27(34-40-19-24-9-5-7-21(2)15-24)28(36(37)38)29-31-12-13-35(29)17-25-10-11-26(30)32-16-25/h4-11,14-16,34H,12-13,17-19H2,1-3H3/b28-27+,33-22+. The first kappa shape index (κ1) is 28.7. The molecule has 0 aliphatic carbocycles. The Hall–Kier alpha value is -4.28. The van der Waals surface area contributed by atoms with Crippen molar-refractivity contribution in [3.8, 4) is 0 Å². The molecule has 0 amide bonds. The number of benzene rings is 2. The fourth-order valence-electron chi connectivity index (χ4n) is 4.20. The van der Waals surface area contributed by atoms with Crippen LogP contribution in [-0.2, 0) is 29.4 Å². The average Bonchev–Trinajstić information content (AvgIpc) is 3.36. The summed E-state index contributed by atoms with van der Waals surface area (Å²) in [6.07, 6.45) is 1.64. The molecule has 0 spiro atoms. The van der Waals surface area contributed by atoms with Gasteiger partial charge in [-0.2, -0.15) is 0 Å². The zero-order valence-corrected chi connectivity index (χ0v) is 23.4. The van der Waals surface area contributed by atoms with Gasteiger partial charge in [-0.1, -0.05) is 82.5 Å². The Bertz CT molecular complexity index is 1440. The summed E-state index contributed by atoms with van der Waals surface area (Å²) in [7, 11) is 0. The number of aromatic nitrogens is 1. The van der Waals surface area contributed by atoms with Gasteiger partial charge in [-0.05, 0) is 43.5 Å². The van der Waals surface area contributed by atoms with Crippen molar-refractivity contribution in [1.82, 2.24) is 15.4 Å². The van der Waals surface area contributed by atoms with E-state index in [9.17, 15) is 10.1 Å². The van der Waals surface area contributed by atoms with E-state index in [1.54, 1.807) is 19.2 Å². The number of halogens is 1. The highest BCUT2D eigenvalue weighted by Crippen LogP contribution is 2.19. The third-order valence-electron chi connectivity index (χ3n) is 6.10. The molecule has 208 valence electrons. The zero-order chi connectivity index (χ0) is 28.5. The lowest BCUT2D eigenvalue weighted by Gasteiger charge is -2.20. The number of allylic oxidation sites excluding steroid dienone is 1. The van der Waals surface area contributed by atoms with E-state index in [-0.39, 0.29) is 36.2 Å². The molecular formula is C29H31ClN6O4. The van der Waals surface area contributed by atoms with Crippen molar-refractivity contribution in [2.24, 2.45) is 10.1 Å². The molecule has 0 saturated heterocycles. The maximum absolute atomic E-state index is 12.5. The summed E-state index contributed by atoms with van der Waals surface area (Å²) < 4.78 is 0. The molecule has 2 heterocycles. The van der Waals surface area contributed by atoms with Gasteiger partial charge < -0.3 is 9.74 Å². The molecule has 11 heteroatoms. The topological polar surface area (TPSA) is 114 Å². The fourth-order valence-corrected chi connectivity index (χ4v) is 4.32. The summed E-state index contributed by atoms with van der Waals surface area (Å²) in [5, 5.41) is 17.1. The highest BCUT2D eigenvalue weighted by molar-refractivity contribution is 6.29. The molecule has 0 unspecified atom stereocenters. The maximum Gasteiger partial charge on any atom is 0.338 e. The number of nitrogens with one attached hydrogen (secondary N) is 1. The van der Waals surface area contributed by atoms with E-state index in [0.717, 1.165) is 27.8 Å². The van der Waals surface area contributed by atoms with Gasteiger partial charge in [0.2, 0.25) is 5.84 Å². The summed E-state index contributed by atoms with van der Waals surface area (Å²) in [5.74, 6) is 0.217. The molecule has 10 nitrogen and oxygen atoms in total. The molecule has 1 aromatic heterocycles. The molecule has 1 aliphatic rings. The van der Waals surface area contributed by atoms with Crippen LogP contribution >= 0.6 is 11.6 Å². The van der Waals surface area contributed by atoms with Crippen molar-refractivity contribution in [3.05, 3.63) is 121 Å². The Morgan fingerprint density at radius 3 is 2.40 bits per heavy atom. The second-order valence-electron chi connectivity index (χ2n) is 9.42. The Morgan fingerprint density at radius 2 is 1.77 bits per heavy atom. The number of aliphatic imine (C=N–C) groups is 1. The minimum absolute atomic E-state index is 0.0572. The summed E-state index contributed by atoms with van der Waals surface area (Å²) >= 11 is 5.92. The smallest absolute Gasteiger partial charge is 0.338 e. The SMILES string of the molecule is CC(=N\OCc1cccc(C)c1)/C(NOCc1cccc(C)c1)=C(/C1=NCCN1Cc1ccc(Cl)nc1)[N+](=O)[O-]. The highest BCUT2D eigenvalue weighted by Gasteiger charge is 2.34. The maximum atomic E-state index is 12.5. The monoisotopic (exact) mass is 562 g/mol. The van der Waals surface area contributed by atoms with E-state index in [1.807, 2.05) is 73.3 Å². The first-order valence-corrected chi connectivity index (χ1v) is 13.1. The number of aryl methyl sites for hydroxylation is 2. The Labute approximate surface area is 238 Å². The molecule has 40 heavy (non-hydrogen) atoms. The number of hydroxylamine groups is 1. The van der Waals surface area contributed by atoms with Gasteiger partial charge in [-0.3, -0.25) is 25.4 Å². The quantitative estimate of drug-likeness (QED) is 0.137. The normalized spacial score (nSPS) is 14.1. The van der Waals surface area contributed by atoms with E-state index in [4.69, 9.17) is 21.3 Å². The molecule has 3 aromatic rings. The van der Waals surface area contributed by atoms with Gasteiger partial charge in [0.25, 0.3) is 0 Å². The number of oxime groups is 1. The predicted molar refractivity (Wildman–Crippen MR) is 154 cm³/mol. The number of rotatable bonds is 12. The highest BCUT2D eigenvalue weighted by atomic mass is 35.5. The van der Waals surface area contributed by atoms with E-state index in [0.29, 0.717) is 24.8 Å². The second-order valence-corrected chi connectivity index (χ2v) is 9.80. The van der Waals surface area contributed by atoms with E-state index in [2.05, 4.69) is 20.6 Å². The molecule has 0 bridgehead atoms. The van der Waals surface area contributed by atoms with E-state index >= 15 is 0 Å². The van der Waals surface area contributed by atoms with Crippen LogP contribution in [0.2, 0.25) is 5.15 Å². The lowest BCUT2D eigenvalue weighted by molar-refractivity contribution is -0.417. The first-order valence-electron chi connectivity index (χ1n) is 12.7. The van der Waals surface area contributed by atoms with Crippen LogP contribution in [0.3, 0.4) is 0 Å². The van der Waals surface area contributed by atoms with E-state index in [1.165, 1.54) is 0 Å². The molecule has 0 fully saturated rings. The van der Waals surface area contributed by atoms with Crippen molar-refractivity contribution in [3.63, 3.8) is 0 Å². The van der Waals surface area contributed by atoms with Crippen molar-refractivity contribution in [2.45, 2.75) is 40.5 Å². The summed E-state index contributed by atoms with van der Waals surface area (Å²) in [4.78, 5) is 33.8. The molecule has 0 radical (unpaired) electrons. The van der Waals surface area contributed by atoms with Gasteiger partial charge >= 0.3 is 5.70 Å². The number of amidine groups is 1. The van der Waals surface area contributed by atoms with Crippen LogP contribution in [0.25, 0.3) is 0 Å². The van der Waals surface area contributed by atoms with Crippen LogP contribution in [0.4, 0.5) is 0 Å². The first-order chi connectivity index (χ1) is 19.3. The number of hydrogen-bond acceptors (Lipinski definition) is 9.